The minimum atomic E-state index is -0.588. The summed E-state index contributed by atoms with van der Waals surface area (Å²) in [7, 11) is 1.79. The van der Waals surface area contributed by atoms with Gasteiger partial charge in [-0.2, -0.15) is 5.10 Å². The Morgan fingerprint density at radius 3 is 2.67 bits per heavy atom. The number of anilines is 1. The number of amides is 3. The van der Waals surface area contributed by atoms with Crippen LogP contribution in [0.25, 0.3) is 11.3 Å². The van der Waals surface area contributed by atoms with E-state index >= 15 is 0 Å². The number of carbonyl (C=O) groups is 3. The summed E-state index contributed by atoms with van der Waals surface area (Å²) < 4.78 is 20.5. The predicted molar refractivity (Wildman–Crippen MR) is 171 cm³/mol. The normalized spacial score (nSPS) is 14.7. The quantitative estimate of drug-likeness (QED) is 0.239. The molecule has 3 aromatic rings. The van der Waals surface area contributed by atoms with Crippen LogP contribution in [0.3, 0.4) is 0 Å². The van der Waals surface area contributed by atoms with Gasteiger partial charge in [-0.15, -0.1) is 0 Å². The first-order valence-corrected chi connectivity index (χ1v) is 15.5. The summed E-state index contributed by atoms with van der Waals surface area (Å²) in [4.78, 5) is 44.8. The van der Waals surface area contributed by atoms with E-state index in [4.69, 9.17) is 16.3 Å². The third-order valence-electron chi connectivity index (χ3n) is 7.23. The van der Waals surface area contributed by atoms with Gasteiger partial charge in [-0.3, -0.25) is 14.3 Å². The molecule has 0 aliphatic carbocycles. The highest BCUT2D eigenvalue weighted by Gasteiger charge is 2.29. The number of alkyl carbamates (subject to hydrolysis) is 1. The van der Waals surface area contributed by atoms with Crippen LogP contribution in [0, 0.1) is 5.82 Å². The number of aryl methyl sites for hydroxylation is 1. The molecule has 13 heteroatoms. The van der Waals surface area contributed by atoms with Crippen molar-refractivity contribution in [2.45, 2.75) is 64.5 Å². The SMILES string of the molecule is Cn1cc(-c2nc(NCCc3cccc(F)c3)c(C(=O)NC[C@H]3CCCN3C(=O)CCCNC(=O)OC(C)(C)C)cc2Cl)cn1. The molecule has 3 N–H and O–H groups in total. The van der Waals surface area contributed by atoms with Crippen LogP contribution >= 0.6 is 11.6 Å². The summed E-state index contributed by atoms with van der Waals surface area (Å²) >= 11 is 6.60. The van der Waals surface area contributed by atoms with E-state index in [1.54, 1.807) is 61.9 Å². The zero-order valence-electron chi connectivity index (χ0n) is 26.2. The lowest BCUT2D eigenvalue weighted by Crippen LogP contribution is -2.43. The highest BCUT2D eigenvalue weighted by molar-refractivity contribution is 6.33. The van der Waals surface area contributed by atoms with Gasteiger partial charge in [0.25, 0.3) is 5.91 Å². The van der Waals surface area contributed by atoms with Crippen molar-refractivity contribution in [2.75, 3.05) is 31.5 Å². The van der Waals surface area contributed by atoms with Gasteiger partial charge < -0.3 is 25.6 Å². The number of rotatable bonds is 12. The lowest BCUT2D eigenvalue weighted by atomic mass is 10.1. The largest absolute Gasteiger partial charge is 0.444 e. The minimum Gasteiger partial charge on any atom is -0.444 e. The maximum Gasteiger partial charge on any atom is 0.407 e. The monoisotopic (exact) mass is 641 g/mol. The average Bonchev–Trinajstić information content (AvgIpc) is 3.62. The zero-order valence-corrected chi connectivity index (χ0v) is 26.9. The van der Waals surface area contributed by atoms with Gasteiger partial charge in [0.2, 0.25) is 5.91 Å². The highest BCUT2D eigenvalue weighted by Crippen LogP contribution is 2.30. The van der Waals surface area contributed by atoms with Gasteiger partial charge in [0.05, 0.1) is 22.5 Å². The number of nitrogens with zero attached hydrogens (tertiary/aromatic N) is 4. The van der Waals surface area contributed by atoms with Crippen molar-refractivity contribution in [3.63, 3.8) is 0 Å². The van der Waals surface area contributed by atoms with Crippen LogP contribution in [-0.2, 0) is 23.0 Å². The number of carbonyl (C=O) groups excluding carboxylic acids is 3. The third kappa shape index (κ3) is 9.90. The molecule has 3 amide bonds. The number of hydrogen-bond donors (Lipinski definition) is 3. The van der Waals surface area contributed by atoms with Crippen molar-refractivity contribution in [1.29, 1.82) is 0 Å². The van der Waals surface area contributed by atoms with E-state index in [1.165, 1.54) is 12.1 Å². The smallest absolute Gasteiger partial charge is 0.407 e. The lowest BCUT2D eigenvalue weighted by molar-refractivity contribution is -0.132. The number of benzene rings is 1. The molecule has 0 spiro atoms. The Hall–Kier alpha value is -4.19. The lowest BCUT2D eigenvalue weighted by Gasteiger charge is -2.25. The molecule has 0 saturated carbocycles. The van der Waals surface area contributed by atoms with Crippen molar-refractivity contribution in [3.05, 3.63) is 64.7 Å². The molecular weight excluding hydrogens is 601 g/mol. The molecule has 45 heavy (non-hydrogen) atoms. The maximum atomic E-state index is 13.7. The van der Waals surface area contributed by atoms with E-state index in [0.29, 0.717) is 54.6 Å². The Labute approximate surface area is 267 Å². The zero-order chi connectivity index (χ0) is 32.6. The van der Waals surface area contributed by atoms with Crippen LogP contribution in [0.5, 0.6) is 0 Å². The maximum absolute atomic E-state index is 13.7. The molecule has 0 unspecified atom stereocenters. The van der Waals surface area contributed by atoms with Gasteiger partial charge in [-0.05, 0) is 70.2 Å². The van der Waals surface area contributed by atoms with Crippen LogP contribution in [0.1, 0.15) is 62.4 Å². The molecular formula is C32H41ClFN7O4. The first kappa shape index (κ1) is 33.7. The van der Waals surface area contributed by atoms with Gasteiger partial charge in [0, 0.05) is 57.4 Å². The van der Waals surface area contributed by atoms with Crippen molar-refractivity contribution < 1.29 is 23.5 Å². The van der Waals surface area contributed by atoms with Gasteiger partial charge in [0.15, 0.2) is 0 Å². The van der Waals surface area contributed by atoms with Crippen LogP contribution in [0.15, 0.2) is 42.7 Å². The van der Waals surface area contributed by atoms with Gasteiger partial charge >= 0.3 is 6.09 Å². The molecule has 1 aliphatic rings. The molecule has 3 heterocycles. The molecule has 2 aromatic heterocycles. The van der Waals surface area contributed by atoms with Crippen LogP contribution in [0.4, 0.5) is 15.0 Å². The Kier molecular flexibility index (Phi) is 11.4. The minimum absolute atomic E-state index is 0.0250. The highest BCUT2D eigenvalue weighted by atomic mass is 35.5. The number of hydrogen-bond acceptors (Lipinski definition) is 7. The molecule has 4 rings (SSSR count). The molecule has 0 bridgehead atoms. The summed E-state index contributed by atoms with van der Waals surface area (Å²) in [5, 5.41) is 13.4. The Bertz CT molecular complexity index is 1510. The van der Waals surface area contributed by atoms with Crippen molar-refractivity contribution in [1.82, 2.24) is 30.3 Å². The third-order valence-corrected chi connectivity index (χ3v) is 7.51. The molecule has 242 valence electrons. The summed E-state index contributed by atoms with van der Waals surface area (Å²) in [5.41, 5.74) is 1.65. The number of likely N-dealkylation sites (tertiary alicyclic amines) is 1. The molecule has 1 atom stereocenters. The second-order valence-corrected chi connectivity index (χ2v) is 12.5. The van der Waals surface area contributed by atoms with Crippen molar-refractivity contribution in [2.24, 2.45) is 7.05 Å². The van der Waals surface area contributed by atoms with Crippen LogP contribution < -0.4 is 16.0 Å². The first-order chi connectivity index (χ1) is 21.4. The topological polar surface area (TPSA) is 130 Å². The fourth-order valence-corrected chi connectivity index (χ4v) is 5.39. The standard InChI is InChI=1S/C32H41ClFN7O4/c1-32(2,3)45-31(44)36-13-6-11-27(42)41-15-7-10-24(41)19-37-30(43)25-17-26(33)28(22-18-38-40(4)20-22)39-29(25)35-14-12-21-8-5-9-23(34)16-21/h5,8-9,16-18,20,24H,6-7,10-15,19H2,1-4H3,(H,35,39)(H,36,44)(H,37,43)/t24-/m1/s1. The molecule has 1 aromatic carbocycles. The Morgan fingerprint density at radius 2 is 1.96 bits per heavy atom. The van der Waals surface area contributed by atoms with E-state index in [1.807, 2.05) is 6.07 Å². The van der Waals surface area contributed by atoms with Crippen LogP contribution in [0.2, 0.25) is 5.02 Å². The molecule has 1 aliphatic heterocycles. The Balaban J connectivity index is 1.38. The fourth-order valence-electron chi connectivity index (χ4n) is 5.13. The van der Waals surface area contributed by atoms with E-state index in [-0.39, 0.29) is 42.2 Å². The van der Waals surface area contributed by atoms with E-state index in [9.17, 15) is 18.8 Å². The molecule has 1 saturated heterocycles. The second-order valence-electron chi connectivity index (χ2n) is 12.0. The number of nitrogens with one attached hydrogen (secondary N) is 3. The van der Waals surface area contributed by atoms with Gasteiger partial charge in [0.1, 0.15) is 17.2 Å². The van der Waals surface area contributed by atoms with Crippen molar-refractivity contribution in [3.8, 4) is 11.3 Å². The van der Waals surface area contributed by atoms with Gasteiger partial charge in [-0.1, -0.05) is 23.7 Å². The predicted octanol–water partition coefficient (Wildman–Crippen LogP) is 4.95. The Morgan fingerprint density at radius 1 is 1.16 bits per heavy atom. The first-order valence-electron chi connectivity index (χ1n) is 15.1. The van der Waals surface area contributed by atoms with Crippen molar-refractivity contribution >= 4 is 35.3 Å². The van der Waals surface area contributed by atoms with Gasteiger partial charge in [-0.25, -0.2) is 14.2 Å². The second kappa shape index (κ2) is 15.2. The summed E-state index contributed by atoms with van der Waals surface area (Å²) in [6, 6.07) is 7.78. The van der Waals surface area contributed by atoms with E-state index in [0.717, 1.165) is 18.4 Å². The number of ether oxygens (including phenoxy) is 1. The molecule has 1 fully saturated rings. The van der Waals surface area contributed by atoms with E-state index in [2.05, 4.69) is 26.0 Å². The van der Waals surface area contributed by atoms with E-state index < -0.39 is 11.7 Å². The number of halogens is 2. The number of pyridine rings is 1. The fraction of sp³-hybridized carbons (Fsp3) is 0.469. The molecule has 11 nitrogen and oxygen atoms in total. The summed E-state index contributed by atoms with van der Waals surface area (Å²) in [5.74, 6) is -0.379. The average molecular weight is 642 g/mol. The summed E-state index contributed by atoms with van der Waals surface area (Å²) in [6.07, 6.45) is 5.77. The molecule has 0 radical (unpaired) electrons. The summed E-state index contributed by atoms with van der Waals surface area (Å²) in [6.45, 7) is 6.98. The number of aromatic nitrogens is 3. The van der Waals surface area contributed by atoms with Crippen LogP contribution in [-0.4, -0.2) is 75.4 Å².